The Hall–Kier alpha value is -1.11. The zero-order chi connectivity index (χ0) is 17.7. The third kappa shape index (κ3) is 3.19. The number of hydrogen-bond acceptors (Lipinski definition) is 5. The first-order chi connectivity index (χ1) is 11.1. The summed E-state index contributed by atoms with van der Waals surface area (Å²) in [4.78, 5) is 16.5. The fraction of sp³-hybridized carbons (Fsp3) is 0.722. The molecule has 1 N–H and O–H groups in total. The van der Waals surface area contributed by atoms with E-state index in [1.54, 1.807) is 16.2 Å². The van der Waals surface area contributed by atoms with Crippen LogP contribution in [0.5, 0.6) is 0 Å². The first kappa shape index (κ1) is 17.7. The van der Waals surface area contributed by atoms with E-state index in [2.05, 4.69) is 13.0 Å². The molecule has 0 saturated carbocycles. The highest BCUT2D eigenvalue weighted by Crippen LogP contribution is 2.49. The van der Waals surface area contributed by atoms with Crippen molar-refractivity contribution in [2.75, 3.05) is 13.2 Å². The van der Waals surface area contributed by atoms with Crippen LogP contribution < -0.4 is 0 Å². The molecule has 1 aromatic heterocycles. The molecule has 2 aliphatic rings. The van der Waals surface area contributed by atoms with Crippen molar-refractivity contribution in [2.45, 2.75) is 70.8 Å². The van der Waals surface area contributed by atoms with Crippen molar-refractivity contribution in [1.29, 1.82) is 0 Å². The van der Waals surface area contributed by atoms with Gasteiger partial charge in [-0.2, -0.15) is 0 Å². The summed E-state index contributed by atoms with van der Waals surface area (Å²) in [7, 11) is 0. The van der Waals surface area contributed by atoms with E-state index in [-0.39, 0.29) is 17.7 Å². The molecule has 1 saturated heterocycles. The van der Waals surface area contributed by atoms with Gasteiger partial charge in [-0.25, -0.2) is 4.79 Å². The summed E-state index contributed by atoms with van der Waals surface area (Å²) >= 11 is 1.70. The predicted molar refractivity (Wildman–Crippen MR) is 93.3 cm³/mol. The Kier molecular flexibility index (Phi) is 4.43. The number of aliphatic hydroxyl groups is 1. The van der Waals surface area contributed by atoms with Crippen LogP contribution in [0.4, 0.5) is 4.79 Å². The molecule has 134 valence electrons. The molecule has 24 heavy (non-hydrogen) atoms. The van der Waals surface area contributed by atoms with Crippen LogP contribution in [-0.2, 0) is 15.1 Å². The molecular formula is C18H27NO4S. The SMILES string of the molecule is Cc1cc2c(s1)C1(CCN(C(=O)OC(C)(C)C)[C@@H](C)C1)OCC2O. The van der Waals surface area contributed by atoms with Crippen molar-refractivity contribution in [3.63, 3.8) is 0 Å². The lowest BCUT2D eigenvalue weighted by Crippen LogP contribution is -2.53. The van der Waals surface area contributed by atoms with Crippen molar-refractivity contribution in [1.82, 2.24) is 4.90 Å². The lowest BCUT2D eigenvalue weighted by atomic mass is 9.81. The standard InChI is InChI=1S/C18H27NO4S/c1-11-9-18(6-7-19(11)16(21)23-17(3,4)5)15-13(8-12(2)24-15)14(20)10-22-18/h8,11,14,20H,6-7,9-10H2,1-5H3/t11-,14?,18?/m0/s1. The van der Waals surface area contributed by atoms with Crippen molar-refractivity contribution < 1.29 is 19.4 Å². The van der Waals surface area contributed by atoms with Gasteiger partial charge in [0, 0.05) is 28.8 Å². The van der Waals surface area contributed by atoms with E-state index >= 15 is 0 Å². The lowest BCUT2D eigenvalue weighted by Gasteiger charge is -2.47. The second-order valence-electron chi connectivity index (χ2n) is 7.94. The molecule has 2 unspecified atom stereocenters. The van der Waals surface area contributed by atoms with Crippen molar-refractivity contribution in [3.8, 4) is 0 Å². The van der Waals surface area contributed by atoms with Crippen LogP contribution in [0.1, 0.15) is 62.0 Å². The van der Waals surface area contributed by atoms with E-state index < -0.39 is 11.7 Å². The van der Waals surface area contributed by atoms with Crippen LogP contribution in [0.25, 0.3) is 0 Å². The molecule has 3 heterocycles. The summed E-state index contributed by atoms with van der Waals surface area (Å²) in [6.45, 7) is 10.7. The van der Waals surface area contributed by atoms with Gasteiger partial charge in [-0.3, -0.25) is 0 Å². The number of nitrogens with zero attached hydrogens (tertiary/aromatic N) is 1. The van der Waals surface area contributed by atoms with Gasteiger partial charge in [-0.05, 0) is 52.7 Å². The number of aryl methyl sites for hydroxylation is 1. The number of carbonyl (C=O) groups excluding carboxylic acids is 1. The van der Waals surface area contributed by atoms with Gasteiger partial charge in [0.25, 0.3) is 0 Å². The average Bonchev–Trinajstić information content (AvgIpc) is 2.85. The number of hydrogen-bond donors (Lipinski definition) is 1. The number of carbonyl (C=O) groups is 1. The molecule has 0 radical (unpaired) electrons. The van der Waals surface area contributed by atoms with Crippen LogP contribution in [0.2, 0.25) is 0 Å². The van der Waals surface area contributed by atoms with E-state index in [4.69, 9.17) is 9.47 Å². The molecule has 0 aliphatic carbocycles. The minimum atomic E-state index is -0.547. The number of piperidine rings is 1. The lowest BCUT2D eigenvalue weighted by molar-refractivity contribution is -0.136. The fourth-order valence-corrected chi connectivity index (χ4v) is 4.92. The van der Waals surface area contributed by atoms with Gasteiger partial charge in [0.05, 0.1) is 6.61 Å². The fourth-order valence-electron chi connectivity index (χ4n) is 3.67. The van der Waals surface area contributed by atoms with Crippen LogP contribution in [0.15, 0.2) is 6.07 Å². The molecule has 1 fully saturated rings. The summed E-state index contributed by atoms with van der Waals surface area (Å²) in [5.41, 5.74) is 0.127. The van der Waals surface area contributed by atoms with Crippen LogP contribution in [0, 0.1) is 6.92 Å². The maximum absolute atomic E-state index is 12.4. The zero-order valence-corrected chi connectivity index (χ0v) is 15.9. The predicted octanol–water partition coefficient (Wildman–Crippen LogP) is 3.73. The van der Waals surface area contributed by atoms with E-state index in [1.807, 2.05) is 27.7 Å². The highest BCUT2D eigenvalue weighted by Gasteiger charge is 2.48. The minimum absolute atomic E-state index is 0.0269. The maximum atomic E-state index is 12.4. The minimum Gasteiger partial charge on any atom is -0.444 e. The van der Waals surface area contributed by atoms with Gasteiger partial charge in [-0.1, -0.05) is 0 Å². The Bertz CT molecular complexity index is 635. The van der Waals surface area contributed by atoms with Gasteiger partial charge in [0.2, 0.25) is 0 Å². The molecule has 5 nitrogen and oxygen atoms in total. The zero-order valence-electron chi connectivity index (χ0n) is 15.1. The molecule has 3 atom stereocenters. The number of thiophene rings is 1. The number of amides is 1. The number of aliphatic hydroxyl groups excluding tert-OH is 1. The van der Waals surface area contributed by atoms with Crippen molar-refractivity contribution >= 4 is 17.4 Å². The van der Waals surface area contributed by atoms with E-state index in [0.29, 0.717) is 13.2 Å². The molecule has 2 aliphatic heterocycles. The molecule has 0 bridgehead atoms. The Labute approximate surface area is 147 Å². The molecule has 1 amide bonds. The first-order valence-electron chi connectivity index (χ1n) is 8.54. The molecule has 1 aromatic rings. The monoisotopic (exact) mass is 353 g/mol. The van der Waals surface area contributed by atoms with Crippen LogP contribution in [-0.4, -0.2) is 40.9 Å². The Balaban J connectivity index is 1.80. The molecule has 6 heteroatoms. The molecular weight excluding hydrogens is 326 g/mol. The average molecular weight is 353 g/mol. The van der Waals surface area contributed by atoms with E-state index in [1.165, 1.54) is 4.88 Å². The van der Waals surface area contributed by atoms with Gasteiger partial charge in [0.15, 0.2) is 0 Å². The number of ether oxygens (including phenoxy) is 2. The van der Waals surface area contributed by atoms with Crippen LogP contribution in [0.3, 0.4) is 0 Å². The molecule has 1 spiro atoms. The summed E-state index contributed by atoms with van der Waals surface area (Å²) < 4.78 is 11.7. The van der Waals surface area contributed by atoms with Gasteiger partial charge < -0.3 is 19.5 Å². The number of rotatable bonds is 0. The largest absolute Gasteiger partial charge is 0.444 e. The Morgan fingerprint density at radius 1 is 1.50 bits per heavy atom. The number of fused-ring (bicyclic) bond motifs is 2. The third-order valence-corrected chi connectivity index (χ3v) is 5.97. The normalized spacial score (nSPS) is 30.3. The van der Waals surface area contributed by atoms with Crippen molar-refractivity contribution in [3.05, 3.63) is 21.4 Å². The summed E-state index contributed by atoms with van der Waals surface area (Å²) in [5.74, 6) is 0. The summed E-state index contributed by atoms with van der Waals surface area (Å²) in [5, 5.41) is 10.2. The van der Waals surface area contributed by atoms with Crippen LogP contribution >= 0.6 is 11.3 Å². The van der Waals surface area contributed by atoms with Gasteiger partial charge >= 0.3 is 6.09 Å². The highest BCUT2D eigenvalue weighted by atomic mass is 32.1. The quantitative estimate of drug-likeness (QED) is 0.772. The Morgan fingerprint density at radius 2 is 2.21 bits per heavy atom. The smallest absolute Gasteiger partial charge is 0.410 e. The topological polar surface area (TPSA) is 59.0 Å². The second-order valence-corrected chi connectivity index (χ2v) is 9.20. The third-order valence-electron chi connectivity index (χ3n) is 4.72. The molecule has 0 aromatic carbocycles. The second kappa shape index (κ2) is 6.00. The summed E-state index contributed by atoms with van der Waals surface area (Å²) in [6.07, 6.45) is 0.653. The van der Waals surface area contributed by atoms with Gasteiger partial charge in [-0.15, -0.1) is 11.3 Å². The first-order valence-corrected chi connectivity index (χ1v) is 9.35. The highest BCUT2D eigenvalue weighted by molar-refractivity contribution is 7.12. The number of likely N-dealkylation sites (tertiary alicyclic amines) is 1. The van der Waals surface area contributed by atoms with Crippen molar-refractivity contribution in [2.24, 2.45) is 0 Å². The Morgan fingerprint density at radius 3 is 2.83 bits per heavy atom. The maximum Gasteiger partial charge on any atom is 0.410 e. The summed E-state index contributed by atoms with van der Waals surface area (Å²) in [6, 6.07) is 2.10. The van der Waals surface area contributed by atoms with E-state index in [0.717, 1.165) is 23.3 Å². The van der Waals surface area contributed by atoms with Gasteiger partial charge in [0.1, 0.15) is 17.3 Å². The molecule has 3 rings (SSSR count). The van der Waals surface area contributed by atoms with E-state index in [9.17, 15) is 9.90 Å².